The summed E-state index contributed by atoms with van der Waals surface area (Å²) < 4.78 is 16.5. The van der Waals surface area contributed by atoms with Crippen LogP contribution in [0.15, 0.2) is 47.1 Å². The van der Waals surface area contributed by atoms with E-state index in [4.69, 9.17) is 13.9 Å². The van der Waals surface area contributed by atoms with Crippen molar-refractivity contribution in [2.75, 3.05) is 33.4 Å². The molecule has 0 aliphatic carbocycles. The van der Waals surface area contributed by atoms with Gasteiger partial charge >= 0.3 is 0 Å². The first-order chi connectivity index (χ1) is 14.6. The minimum absolute atomic E-state index is 0.00183. The normalized spacial score (nSPS) is 15.7. The second-order valence-electron chi connectivity index (χ2n) is 7.42. The van der Waals surface area contributed by atoms with Crippen molar-refractivity contribution in [3.05, 3.63) is 54.0 Å². The largest absolute Gasteiger partial charge is 0.496 e. The molecule has 1 saturated heterocycles. The first kappa shape index (κ1) is 21.9. The van der Waals surface area contributed by atoms with Gasteiger partial charge in [-0.25, -0.2) is 0 Å². The minimum atomic E-state index is -0.210. The Balaban J connectivity index is 1.75. The maximum atomic E-state index is 13.2. The van der Waals surface area contributed by atoms with Gasteiger partial charge in [0.1, 0.15) is 18.1 Å². The van der Waals surface area contributed by atoms with E-state index in [1.807, 2.05) is 19.1 Å². The quantitative estimate of drug-likeness (QED) is 0.596. The standard InChI is InChI=1S/C23H30N2O5/c1-3-12-24(23(27)20-10-4-5-11-21(20)28-2)17-22(26)25(15-18-8-6-13-29-18)16-19-9-7-14-30-19/h4-6,8,10-11,13,19H,3,7,9,12,14-17H2,1-2H3/t19-/m0/s1. The maximum Gasteiger partial charge on any atom is 0.258 e. The first-order valence-corrected chi connectivity index (χ1v) is 10.5. The van der Waals surface area contributed by atoms with Gasteiger partial charge in [0.15, 0.2) is 0 Å². The molecule has 30 heavy (non-hydrogen) atoms. The van der Waals surface area contributed by atoms with E-state index in [1.54, 1.807) is 40.3 Å². The number of carbonyl (C=O) groups is 2. The molecular formula is C23H30N2O5. The van der Waals surface area contributed by atoms with Gasteiger partial charge in [-0.15, -0.1) is 0 Å². The molecule has 1 aliphatic heterocycles. The second-order valence-corrected chi connectivity index (χ2v) is 7.42. The average Bonchev–Trinajstić information content (AvgIpc) is 3.46. The van der Waals surface area contributed by atoms with E-state index >= 15 is 0 Å². The van der Waals surface area contributed by atoms with E-state index in [-0.39, 0.29) is 24.5 Å². The van der Waals surface area contributed by atoms with Crippen molar-refractivity contribution in [1.29, 1.82) is 0 Å². The third kappa shape index (κ3) is 5.63. The SMILES string of the molecule is CCCN(CC(=O)N(Cc1ccco1)C[C@@H]1CCCO1)C(=O)c1ccccc1OC. The Hall–Kier alpha value is -2.80. The number of amides is 2. The Kier molecular flexibility index (Phi) is 7.90. The van der Waals surface area contributed by atoms with E-state index in [0.717, 1.165) is 25.9 Å². The van der Waals surface area contributed by atoms with Gasteiger partial charge in [-0.05, 0) is 43.5 Å². The summed E-state index contributed by atoms with van der Waals surface area (Å²) in [6.07, 6.45) is 4.30. The maximum absolute atomic E-state index is 13.2. The zero-order valence-electron chi connectivity index (χ0n) is 17.7. The number of furan rings is 1. The molecule has 1 aromatic carbocycles. The lowest BCUT2D eigenvalue weighted by Crippen LogP contribution is -2.45. The molecule has 0 spiro atoms. The topological polar surface area (TPSA) is 72.2 Å². The molecule has 7 nitrogen and oxygen atoms in total. The fourth-order valence-electron chi connectivity index (χ4n) is 3.66. The molecule has 162 valence electrons. The molecule has 1 atom stereocenters. The van der Waals surface area contributed by atoms with Crippen molar-refractivity contribution in [1.82, 2.24) is 9.80 Å². The van der Waals surface area contributed by atoms with Gasteiger partial charge in [0.05, 0.1) is 31.6 Å². The Bertz CT molecular complexity index is 815. The van der Waals surface area contributed by atoms with Gasteiger partial charge in [-0.3, -0.25) is 9.59 Å². The molecule has 0 saturated carbocycles. The monoisotopic (exact) mass is 414 g/mol. The van der Waals surface area contributed by atoms with Gasteiger partial charge in [0, 0.05) is 19.7 Å². The van der Waals surface area contributed by atoms with Crippen molar-refractivity contribution in [3.63, 3.8) is 0 Å². The minimum Gasteiger partial charge on any atom is -0.496 e. The van der Waals surface area contributed by atoms with Crippen LogP contribution in [0.4, 0.5) is 0 Å². The summed E-state index contributed by atoms with van der Waals surface area (Å²) in [6, 6.07) is 10.7. The molecule has 1 aromatic heterocycles. The molecule has 2 amide bonds. The lowest BCUT2D eigenvalue weighted by atomic mass is 10.1. The van der Waals surface area contributed by atoms with Crippen LogP contribution in [-0.4, -0.2) is 61.1 Å². The molecule has 0 unspecified atom stereocenters. The van der Waals surface area contributed by atoms with E-state index in [0.29, 0.717) is 36.7 Å². The third-order valence-electron chi connectivity index (χ3n) is 5.17. The number of carbonyl (C=O) groups excluding carboxylic acids is 2. The van der Waals surface area contributed by atoms with Crippen molar-refractivity contribution in [2.24, 2.45) is 0 Å². The zero-order chi connectivity index (χ0) is 21.3. The Morgan fingerprint density at radius 1 is 1.17 bits per heavy atom. The van der Waals surface area contributed by atoms with Crippen LogP contribution in [0.3, 0.4) is 0 Å². The lowest BCUT2D eigenvalue weighted by Gasteiger charge is -2.29. The van der Waals surface area contributed by atoms with Crippen LogP contribution in [0.25, 0.3) is 0 Å². The molecule has 1 aliphatic rings. The van der Waals surface area contributed by atoms with Crippen molar-refractivity contribution < 1.29 is 23.5 Å². The summed E-state index contributed by atoms with van der Waals surface area (Å²) in [5, 5.41) is 0. The molecule has 2 aromatic rings. The molecule has 1 fully saturated rings. The molecular weight excluding hydrogens is 384 g/mol. The van der Waals surface area contributed by atoms with Crippen LogP contribution < -0.4 is 4.74 Å². The molecule has 2 heterocycles. The van der Waals surface area contributed by atoms with E-state index in [9.17, 15) is 9.59 Å². The Morgan fingerprint density at radius 2 is 2.00 bits per heavy atom. The van der Waals surface area contributed by atoms with Gasteiger partial charge < -0.3 is 23.7 Å². The number of hydrogen-bond donors (Lipinski definition) is 0. The van der Waals surface area contributed by atoms with E-state index in [1.165, 1.54) is 7.11 Å². The predicted molar refractivity (Wildman–Crippen MR) is 112 cm³/mol. The predicted octanol–water partition coefficient (Wildman–Crippen LogP) is 3.35. The van der Waals surface area contributed by atoms with E-state index < -0.39 is 0 Å². The van der Waals surface area contributed by atoms with Crippen LogP contribution in [0, 0.1) is 0 Å². The number of methoxy groups -OCH3 is 1. The van der Waals surface area contributed by atoms with Crippen LogP contribution >= 0.6 is 0 Å². The lowest BCUT2D eigenvalue weighted by molar-refractivity contribution is -0.134. The molecule has 0 N–H and O–H groups in total. The first-order valence-electron chi connectivity index (χ1n) is 10.5. The summed E-state index contributed by atoms with van der Waals surface area (Å²) in [5.74, 6) is 0.874. The summed E-state index contributed by atoms with van der Waals surface area (Å²) in [4.78, 5) is 29.7. The second kappa shape index (κ2) is 10.8. The number of benzene rings is 1. The summed E-state index contributed by atoms with van der Waals surface area (Å²) in [6.45, 7) is 4.04. The number of ether oxygens (including phenoxy) is 2. The van der Waals surface area contributed by atoms with Crippen LogP contribution in [0.5, 0.6) is 5.75 Å². The van der Waals surface area contributed by atoms with Gasteiger partial charge in [-0.2, -0.15) is 0 Å². The number of para-hydroxylation sites is 1. The van der Waals surface area contributed by atoms with Crippen LogP contribution in [-0.2, 0) is 16.1 Å². The van der Waals surface area contributed by atoms with Crippen molar-refractivity contribution >= 4 is 11.8 Å². The fourth-order valence-corrected chi connectivity index (χ4v) is 3.66. The highest BCUT2D eigenvalue weighted by molar-refractivity contribution is 5.98. The highest BCUT2D eigenvalue weighted by Gasteiger charge is 2.27. The van der Waals surface area contributed by atoms with Crippen molar-refractivity contribution in [3.8, 4) is 5.75 Å². The van der Waals surface area contributed by atoms with Crippen LogP contribution in [0.1, 0.15) is 42.3 Å². The highest BCUT2D eigenvalue weighted by atomic mass is 16.5. The number of rotatable bonds is 10. The fraction of sp³-hybridized carbons (Fsp3) is 0.478. The van der Waals surface area contributed by atoms with Gasteiger partial charge in [0.2, 0.25) is 5.91 Å². The third-order valence-corrected chi connectivity index (χ3v) is 5.17. The average molecular weight is 415 g/mol. The molecule has 0 bridgehead atoms. The van der Waals surface area contributed by atoms with Crippen LogP contribution in [0.2, 0.25) is 0 Å². The Morgan fingerprint density at radius 3 is 2.67 bits per heavy atom. The molecule has 0 radical (unpaired) electrons. The highest BCUT2D eigenvalue weighted by Crippen LogP contribution is 2.20. The Labute approximate surface area is 177 Å². The van der Waals surface area contributed by atoms with Gasteiger partial charge in [-0.1, -0.05) is 19.1 Å². The smallest absolute Gasteiger partial charge is 0.258 e. The van der Waals surface area contributed by atoms with E-state index in [2.05, 4.69) is 0 Å². The number of nitrogens with zero attached hydrogens (tertiary/aromatic N) is 2. The molecule has 3 rings (SSSR count). The summed E-state index contributed by atoms with van der Waals surface area (Å²) in [5.41, 5.74) is 0.456. The summed E-state index contributed by atoms with van der Waals surface area (Å²) in [7, 11) is 1.54. The van der Waals surface area contributed by atoms with Crippen molar-refractivity contribution in [2.45, 2.75) is 38.8 Å². The number of hydrogen-bond acceptors (Lipinski definition) is 5. The van der Waals surface area contributed by atoms with Gasteiger partial charge in [0.25, 0.3) is 5.91 Å². The summed E-state index contributed by atoms with van der Waals surface area (Å²) >= 11 is 0. The molecule has 7 heteroatoms. The zero-order valence-corrected chi connectivity index (χ0v) is 17.7.